The predicted molar refractivity (Wildman–Crippen MR) is 117 cm³/mol. The van der Waals surface area contributed by atoms with E-state index in [-0.39, 0.29) is 17.6 Å². The van der Waals surface area contributed by atoms with Crippen LogP contribution in [0.5, 0.6) is 0 Å². The Morgan fingerprint density at radius 3 is 2.67 bits per heavy atom. The molecule has 1 aromatic carbocycles. The van der Waals surface area contributed by atoms with Crippen LogP contribution >= 0.6 is 11.8 Å². The molecule has 0 saturated heterocycles. The smallest absolute Gasteiger partial charge is 0.330 e. The van der Waals surface area contributed by atoms with E-state index < -0.39 is 0 Å². The Morgan fingerprint density at radius 1 is 1.23 bits per heavy atom. The van der Waals surface area contributed by atoms with Crippen LogP contribution < -0.4 is 11.2 Å². The Morgan fingerprint density at radius 2 is 1.97 bits per heavy atom. The fraction of sp³-hybridized carbons (Fsp3) is 0.429. The number of carbonyl (C=O) groups is 2. The molecule has 2 aromatic rings. The fourth-order valence-corrected chi connectivity index (χ4v) is 4.05. The number of benzene rings is 1. The summed E-state index contributed by atoms with van der Waals surface area (Å²) in [7, 11) is 0. The number of esters is 1. The van der Waals surface area contributed by atoms with E-state index in [1.54, 1.807) is 25.1 Å². The van der Waals surface area contributed by atoms with Crippen molar-refractivity contribution in [2.75, 3.05) is 23.5 Å². The predicted octanol–water partition coefficient (Wildman–Crippen LogP) is 3.35. The van der Waals surface area contributed by atoms with Gasteiger partial charge in [0.15, 0.2) is 5.82 Å². The zero-order chi connectivity index (χ0) is 21.3. The lowest BCUT2D eigenvalue weighted by Crippen LogP contribution is -2.19. The van der Waals surface area contributed by atoms with Crippen molar-refractivity contribution in [2.24, 2.45) is 0 Å². The first kappa shape index (κ1) is 21.9. The van der Waals surface area contributed by atoms with E-state index in [2.05, 4.69) is 15.5 Å². The van der Waals surface area contributed by atoms with E-state index in [9.17, 15) is 9.59 Å². The highest BCUT2D eigenvalue weighted by Crippen LogP contribution is 2.32. The number of nitrogen functional groups attached to an aromatic ring is 1. The lowest BCUT2D eigenvalue weighted by atomic mass is 9.89. The van der Waals surface area contributed by atoms with Crippen LogP contribution in [-0.2, 0) is 14.3 Å². The van der Waals surface area contributed by atoms with Gasteiger partial charge in [-0.3, -0.25) is 4.79 Å². The summed E-state index contributed by atoms with van der Waals surface area (Å²) in [4.78, 5) is 23.6. The van der Waals surface area contributed by atoms with E-state index in [0.717, 1.165) is 24.2 Å². The monoisotopic (exact) mass is 429 g/mol. The molecule has 0 spiro atoms. The third kappa shape index (κ3) is 6.09. The topological polar surface area (TPSA) is 112 Å². The highest BCUT2D eigenvalue weighted by molar-refractivity contribution is 7.99. The average molecular weight is 430 g/mol. The molecular formula is C21H27N5O3S. The van der Waals surface area contributed by atoms with Gasteiger partial charge < -0.3 is 15.9 Å². The van der Waals surface area contributed by atoms with Crippen LogP contribution in [0.2, 0.25) is 0 Å². The molecule has 1 fully saturated rings. The molecule has 0 radical (unpaired) electrons. The van der Waals surface area contributed by atoms with Gasteiger partial charge in [-0.25, -0.2) is 9.47 Å². The van der Waals surface area contributed by atoms with Crippen molar-refractivity contribution in [3.05, 3.63) is 41.7 Å². The van der Waals surface area contributed by atoms with Gasteiger partial charge in [-0.15, -0.1) is 10.2 Å². The first-order valence-corrected chi connectivity index (χ1v) is 11.1. The number of thioether (sulfide) groups is 1. The molecule has 3 rings (SSSR count). The first-order chi connectivity index (χ1) is 14.6. The Balaban J connectivity index is 1.49. The van der Waals surface area contributed by atoms with Gasteiger partial charge in [0.25, 0.3) is 0 Å². The van der Waals surface area contributed by atoms with Crippen molar-refractivity contribution < 1.29 is 14.3 Å². The minimum Gasteiger partial charge on any atom is -0.463 e. The van der Waals surface area contributed by atoms with Crippen LogP contribution in [-0.4, -0.2) is 39.1 Å². The molecule has 9 heteroatoms. The van der Waals surface area contributed by atoms with E-state index in [0.29, 0.717) is 23.4 Å². The summed E-state index contributed by atoms with van der Waals surface area (Å²) in [5, 5.41) is 11.8. The molecule has 8 nitrogen and oxygen atoms in total. The van der Waals surface area contributed by atoms with E-state index in [1.165, 1.54) is 41.8 Å². The van der Waals surface area contributed by atoms with Gasteiger partial charge >= 0.3 is 5.97 Å². The van der Waals surface area contributed by atoms with Gasteiger partial charge in [-0.1, -0.05) is 43.2 Å². The third-order valence-corrected chi connectivity index (χ3v) is 5.83. The van der Waals surface area contributed by atoms with Gasteiger partial charge in [0.1, 0.15) is 0 Å². The number of nitrogens with one attached hydrogen (secondary N) is 1. The van der Waals surface area contributed by atoms with Crippen molar-refractivity contribution in [3.63, 3.8) is 0 Å². The maximum absolute atomic E-state index is 12.3. The largest absolute Gasteiger partial charge is 0.463 e. The zero-order valence-electron chi connectivity index (χ0n) is 17.0. The molecule has 1 aliphatic rings. The molecule has 0 aliphatic heterocycles. The highest BCUT2D eigenvalue weighted by Gasteiger charge is 2.22. The molecule has 1 saturated carbocycles. The van der Waals surface area contributed by atoms with Crippen molar-refractivity contribution in [1.29, 1.82) is 0 Å². The van der Waals surface area contributed by atoms with E-state index >= 15 is 0 Å². The van der Waals surface area contributed by atoms with E-state index in [1.807, 2.05) is 12.1 Å². The number of hydrogen-bond donors (Lipinski definition) is 2. The number of anilines is 1. The number of carbonyl (C=O) groups excluding carboxylic acids is 2. The summed E-state index contributed by atoms with van der Waals surface area (Å²) in [6.07, 6.45) is 8.87. The second-order valence-corrected chi connectivity index (χ2v) is 8.03. The zero-order valence-corrected chi connectivity index (χ0v) is 17.9. The van der Waals surface area contributed by atoms with Crippen molar-refractivity contribution in [1.82, 2.24) is 14.9 Å². The normalized spacial score (nSPS) is 14.7. The molecule has 30 heavy (non-hydrogen) atoms. The maximum atomic E-state index is 12.3. The minimum absolute atomic E-state index is 0.156. The minimum atomic E-state index is -0.383. The van der Waals surface area contributed by atoms with Crippen molar-refractivity contribution in [3.8, 4) is 0 Å². The summed E-state index contributed by atoms with van der Waals surface area (Å²) < 4.78 is 6.37. The Labute approximate surface area is 180 Å². The average Bonchev–Trinajstić information content (AvgIpc) is 3.13. The number of amides is 1. The van der Waals surface area contributed by atoms with Crippen LogP contribution in [0.25, 0.3) is 6.08 Å². The lowest BCUT2D eigenvalue weighted by molar-refractivity contribution is -0.137. The number of ether oxygens (including phenoxy) is 1. The van der Waals surface area contributed by atoms with Gasteiger partial charge in [0.2, 0.25) is 11.1 Å². The molecule has 1 amide bonds. The summed E-state index contributed by atoms with van der Waals surface area (Å²) >= 11 is 1.27. The van der Waals surface area contributed by atoms with Crippen LogP contribution in [0.4, 0.5) is 5.69 Å². The fourth-order valence-electron chi connectivity index (χ4n) is 3.39. The number of nitrogens with zero attached hydrogens (tertiary/aromatic N) is 3. The summed E-state index contributed by atoms with van der Waals surface area (Å²) in [6, 6.07) is 7.18. The highest BCUT2D eigenvalue weighted by atomic mass is 32.2. The summed E-state index contributed by atoms with van der Waals surface area (Å²) in [5.74, 6) is 6.97. The molecule has 0 bridgehead atoms. The number of rotatable bonds is 8. The first-order valence-electron chi connectivity index (χ1n) is 10.1. The Hall–Kier alpha value is -2.81. The Kier molecular flexibility index (Phi) is 7.89. The molecule has 160 valence electrons. The van der Waals surface area contributed by atoms with E-state index in [4.69, 9.17) is 10.6 Å². The molecule has 0 atom stereocenters. The standard InChI is InChI=1S/C21H27N5O3S/c1-2-29-19(28)13-10-15-8-11-17(12-9-15)23-18(27)14-30-21-25-24-20(26(21)22)16-6-4-3-5-7-16/h8-13,16H,2-7,14,22H2,1H3,(H,23,27)/b13-10+. The van der Waals surface area contributed by atoms with Crippen LogP contribution in [0.1, 0.15) is 56.3 Å². The van der Waals surface area contributed by atoms with Crippen LogP contribution in [0.3, 0.4) is 0 Å². The van der Waals surface area contributed by atoms with Crippen molar-refractivity contribution in [2.45, 2.75) is 50.1 Å². The van der Waals surface area contributed by atoms with Gasteiger partial charge in [-0.2, -0.15) is 0 Å². The molecule has 3 N–H and O–H groups in total. The van der Waals surface area contributed by atoms with Gasteiger partial charge in [0, 0.05) is 17.7 Å². The number of hydrogen-bond acceptors (Lipinski definition) is 7. The summed E-state index contributed by atoms with van der Waals surface area (Å²) in [5.41, 5.74) is 1.51. The molecule has 0 unspecified atom stereocenters. The lowest BCUT2D eigenvalue weighted by Gasteiger charge is -2.20. The molecular weight excluding hydrogens is 402 g/mol. The van der Waals surface area contributed by atoms with Gasteiger partial charge in [-0.05, 0) is 43.5 Å². The van der Waals surface area contributed by atoms with Crippen LogP contribution in [0.15, 0.2) is 35.5 Å². The Bertz CT molecular complexity index is 889. The van der Waals surface area contributed by atoms with Crippen molar-refractivity contribution >= 4 is 35.4 Å². The van der Waals surface area contributed by atoms with Gasteiger partial charge in [0.05, 0.1) is 12.4 Å². The second-order valence-electron chi connectivity index (χ2n) is 7.09. The third-order valence-electron chi connectivity index (χ3n) is 4.89. The molecule has 1 heterocycles. The second kappa shape index (κ2) is 10.8. The van der Waals surface area contributed by atoms with Crippen LogP contribution in [0, 0.1) is 0 Å². The quantitative estimate of drug-likeness (QED) is 0.286. The number of nitrogens with two attached hydrogens (primary N) is 1. The number of aromatic nitrogens is 3. The molecule has 1 aliphatic carbocycles. The maximum Gasteiger partial charge on any atom is 0.330 e. The SMILES string of the molecule is CCOC(=O)/C=C/c1ccc(NC(=O)CSc2nnc(C3CCCCC3)n2N)cc1. The molecule has 1 aromatic heterocycles. The summed E-state index contributed by atoms with van der Waals surface area (Å²) in [6.45, 7) is 2.10.